The van der Waals surface area contributed by atoms with Gasteiger partial charge in [0.1, 0.15) is 0 Å². The van der Waals surface area contributed by atoms with Crippen LogP contribution in [-0.2, 0) is 13.5 Å². The monoisotopic (exact) mass is 192 g/mol. The molecule has 2 rings (SSSR count). The summed E-state index contributed by atoms with van der Waals surface area (Å²) in [6, 6.07) is 1.88. The molecule has 5 nitrogen and oxygen atoms in total. The average molecular weight is 192 g/mol. The van der Waals surface area contributed by atoms with Gasteiger partial charge in [-0.05, 0) is 12.0 Å². The van der Waals surface area contributed by atoms with Crippen LogP contribution in [0.2, 0.25) is 0 Å². The molecule has 0 saturated heterocycles. The van der Waals surface area contributed by atoms with Crippen molar-refractivity contribution < 1.29 is 5.11 Å². The van der Waals surface area contributed by atoms with Gasteiger partial charge in [-0.1, -0.05) is 0 Å². The van der Waals surface area contributed by atoms with Crippen LogP contribution in [0.5, 0.6) is 0 Å². The third-order valence-electron chi connectivity index (χ3n) is 2.07. The van der Waals surface area contributed by atoms with Gasteiger partial charge in [0, 0.05) is 25.9 Å². The van der Waals surface area contributed by atoms with Crippen LogP contribution in [-0.4, -0.2) is 31.3 Å². The Morgan fingerprint density at radius 3 is 2.93 bits per heavy atom. The maximum absolute atomic E-state index is 8.76. The minimum absolute atomic E-state index is 0.150. The predicted molar refractivity (Wildman–Crippen MR) is 51.1 cm³/mol. The maximum atomic E-state index is 8.76. The Kier molecular flexibility index (Phi) is 2.32. The lowest BCUT2D eigenvalue weighted by atomic mass is 10.3. The normalized spacial score (nSPS) is 10.7. The minimum atomic E-state index is 0.150. The molecule has 0 bridgehead atoms. The summed E-state index contributed by atoms with van der Waals surface area (Å²) in [7, 11) is 1.86. The zero-order valence-corrected chi connectivity index (χ0v) is 7.96. The highest BCUT2D eigenvalue weighted by Gasteiger charge is 2.03. The van der Waals surface area contributed by atoms with Crippen LogP contribution in [0, 0.1) is 0 Å². The lowest BCUT2D eigenvalue weighted by molar-refractivity contribution is 0.299. The number of nitrogens with zero attached hydrogens (tertiary/aromatic N) is 4. The van der Waals surface area contributed by atoms with Crippen LogP contribution < -0.4 is 0 Å². The van der Waals surface area contributed by atoms with Crippen molar-refractivity contribution in [3.63, 3.8) is 0 Å². The van der Waals surface area contributed by atoms with Gasteiger partial charge in [0.15, 0.2) is 5.82 Å². The Labute approximate surface area is 81.6 Å². The zero-order chi connectivity index (χ0) is 9.97. The van der Waals surface area contributed by atoms with Crippen LogP contribution in [0.1, 0.15) is 5.56 Å². The zero-order valence-electron chi connectivity index (χ0n) is 7.96. The van der Waals surface area contributed by atoms with E-state index in [4.69, 9.17) is 5.11 Å². The first-order valence-corrected chi connectivity index (χ1v) is 4.44. The van der Waals surface area contributed by atoms with Gasteiger partial charge in [0.25, 0.3) is 0 Å². The fourth-order valence-electron chi connectivity index (χ4n) is 1.34. The van der Waals surface area contributed by atoms with Gasteiger partial charge >= 0.3 is 0 Å². The fraction of sp³-hybridized carbons (Fsp3) is 0.333. The Balaban J connectivity index is 2.29. The van der Waals surface area contributed by atoms with Crippen molar-refractivity contribution in [3.05, 3.63) is 30.2 Å². The molecule has 0 aliphatic heterocycles. The first-order valence-electron chi connectivity index (χ1n) is 4.44. The Hall–Kier alpha value is -1.62. The van der Waals surface area contributed by atoms with Gasteiger partial charge in [0.05, 0.1) is 12.4 Å². The molecule has 0 aliphatic rings. The summed E-state index contributed by atoms with van der Waals surface area (Å²) in [5.41, 5.74) is 1.02. The molecule has 2 aromatic rings. The minimum Gasteiger partial charge on any atom is -0.396 e. The summed E-state index contributed by atoms with van der Waals surface area (Å²) in [6.07, 6.45) is 6.01. The summed E-state index contributed by atoms with van der Waals surface area (Å²) in [5, 5.41) is 17.0. The molecule has 0 amide bonds. The van der Waals surface area contributed by atoms with Crippen molar-refractivity contribution in [1.29, 1.82) is 0 Å². The summed E-state index contributed by atoms with van der Waals surface area (Å²) in [5.74, 6) is 0.911. The van der Waals surface area contributed by atoms with Gasteiger partial charge in [-0.2, -0.15) is 10.2 Å². The Bertz CT molecular complexity index is 418. The van der Waals surface area contributed by atoms with Gasteiger partial charge in [-0.3, -0.25) is 4.68 Å². The molecule has 2 aromatic heterocycles. The maximum Gasteiger partial charge on any atom is 0.151 e. The molecule has 0 unspecified atom stereocenters. The van der Waals surface area contributed by atoms with E-state index in [1.807, 2.05) is 19.3 Å². The quantitative estimate of drug-likeness (QED) is 0.752. The van der Waals surface area contributed by atoms with Crippen LogP contribution in [0.25, 0.3) is 5.82 Å². The highest BCUT2D eigenvalue weighted by Crippen LogP contribution is 2.06. The summed E-state index contributed by atoms with van der Waals surface area (Å²) < 4.78 is 3.49. The molecule has 0 spiro atoms. The first kappa shape index (κ1) is 8.96. The van der Waals surface area contributed by atoms with Gasteiger partial charge in [-0.25, -0.2) is 4.68 Å². The van der Waals surface area contributed by atoms with E-state index in [1.54, 1.807) is 21.8 Å². The van der Waals surface area contributed by atoms with Crippen molar-refractivity contribution >= 4 is 0 Å². The number of aliphatic hydroxyl groups is 1. The number of rotatable bonds is 3. The molecule has 0 aromatic carbocycles. The van der Waals surface area contributed by atoms with E-state index in [-0.39, 0.29) is 6.61 Å². The predicted octanol–water partition coefficient (Wildman–Crippen LogP) is 0.141. The summed E-state index contributed by atoms with van der Waals surface area (Å²) >= 11 is 0. The molecule has 74 valence electrons. The standard InChI is InChI=1S/C9H12N4O/c1-12-9(2-4-10-12)13-7-8(3-5-14)6-11-13/h2,4,6-7,14H,3,5H2,1H3. The van der Waals surface area contributed by atoms with Crippen molar-refractivity contribution in [2.75, 3.05) is 6.61 Å². The van der Waals surface area contributed by atoms with E-state index in [0.717, 1.165) is 11.4 Å². The lowest BCUT2D eigenvalue weighted by Gasteiger charge is -1.99. The summed E-state index contributed by atoms with van der Waals surface area (Å²) in [4.78, 5) is 0. The van der Waals surface area contributed by atoms with Crippen molar-refractivity contribution in [2.45, 2.75) is 6.42 Å². The lowest BCUT2D eigenvalue weighted by Crippen LogP contribution is -2.02. The smallest absolute Gasteiger partial charge is 0.151 e. The van der Waals surface area contributed by atoms with Gasteiger partial charge < -0.3 is 5.11 Å². The largest absolute Gasteiger partial charge is 0.396 e. The molecule has 5 heteroatoms. The number of hydrogen-bond acceptors (Lipinski definition) is 3. The highest BCUT2D eigenvalue weighted by molar-refractivity contribution is 5.21. The topological polar surface area (TPSA) is 55.9 Å². The molecule has 0 radical (unpaired) electrons. The number of aliphatic hydroxyl groups excluding tert-OH is 1. The molecular formula is C9H12N4O. The van der Waals surface area contributed by atoms with Crippen LogP contribution >= 0.6 is 0 Å². The second-order valence-electron chi connectivity index (χ2n) is 3.08. The van der Waals surface area contributed by atoms with Gasteiger partial charge in [-0.15, -0.1) is 0 Å². The van der Waals surface area contributed by atoms with E-state index in [0.29, 0.717) is 6.42 Å². The first-order chi connectivity index (χ1) is 6.81. The molecule has 0 atom stereocenters. The molecular weight excluding hydrogens is 180 g/mol. The van der Waals surface area contributed by atoms with Crippen LogP contribution in [0.15, 0.2) is 24.7 Å². The molecule has 0 saturated carbocycles. The second kappa shape index (κ2) is 3.63. The van der Waals surface area contributed by atoms with E-state index in [2.05, 4.69) is 10.2 Å². The summed E-state index contributed by atoms with van der Waals surface area (Å²) in [6.45, 7) is 0.150. The number of aryl methyl sites for hydroxylation is 1. The van der Waals surface area contributed by atoms with E-state index in [1.165, 1.54) is 0 Å². The fourth-order valence-corrected chi connectivity index (χ4v) is 1.34. The van der Waals surface area contributed by atoms with E-state index in [9.17, 15) is 0 Å². The van der Waals surface area contributed by atoms with E-state index >= 15 is 0 Å². The van der Waals surface area contributed by atoms with E-state index < -0.39 is 0 Å². The third-order valence-corrected chi connectivity index (χ3v) is 2.07. The number of aromatic nitrogens is 4. The van der Waals surface area contributed by atoms with Crippen LogP contribution in [0.3, 0.4) is 0 Å². The Morgan fingerprint density at radius 2 is 2.29 bits per heavy atom. The third kappa shape index (κ3) is 1.54. The van der Waals surface area contributed by atoms with Crippen LogP contribution in [0.4, 0.5) is 0 Å². The molecule has 0 fully saturated rings. The molecule has 0 aliphatic carbocycles. The van der Waals surface area contributed by atoms with Gasteiger partial charge in [0.2, 0.25) is 0 Å². The second-order valence-corrected chi connectivity index (χ2v) is 3.08. The van der Waals surface area contributed by atoms with Crippen molar-refractivity contribution in [2.24, 2.45) is 7.05 Å². The SMILES string of the molecule is Cn1nccc1-n1cc(CCO)cn1. The average Bonchev–Trinajstić information content (AvgIpc) is 2.74. The highest BCUT2D eigenvalue weighted by atomic mass is 16.2. The Morgan fingerprint density at radius 1 is 1.43 bits per heavy atom. The molecule has 2 heterocycles. The molecule has 1 N–H and O–H groups in total. The van der Waals surface area contributed by atoms with Crippen molar-refractivity contribution in [1.82, 2.24) is 19.6 Å². The van der Waals surface area contributed by atoms with Crippen molar-refractivity contribution in [3.8, 4) is 5.82 Å². The molecule has 14 heavy (non-hydrogen) atoms. The number of hydrogen-bond donors (Lipinski definition) is 1.